The molecule has 1 unspecified atom stereocenters. The van der Waals surface area contributed by atoms with Gasteiger partial charge in [-0.3, -0.25) is 0 Å². The fourth-order valence-corrected chi connectivity index (χ4v) is 2.57. The zero-order valence-corrected chi connectivity index (χ0v) is 9.32. The minimum absolute atomic E-state index is 0.135. The Morgan fingerprint density at radius 3 is 2.40 bits per heavy atom. The second-order valence-corrected chi connectivity index (χ2v) is 4.65. The smallest absolute Gasteiger partial charge is 0.260 e. The van der Waals surface area contributed by atoms with Gasteiger partial charge >= 0.3 is 0 Å². The zero-order chi connectivity index (χ0) is 11.3. The molecule has 5 heteroatoms. The van der Waals surface area contributed by atoms with E-state index >= 15 is 0 Å². The van der Waals surface area contributed by atoms with Crippen LogP contribution in [0.4, 0.5) is 13.2 Å². The normalized spacial score (nSPS) is 27.8. The third-order valence-corrected chi connectivity index (χ3v) is 3.55. The van der Waals surface area contributed by atoms with Crippen LogP contribution in [0.5, 0.6) is 0 Å². The molecule has 1 aromatic carbocycles. The highest BCUT2D eigenvalue weighted by Gasteiger charge is 2.71. The molecule has 1 fully saturated rings. The first-order chi connectivity index (χ1) is 6.93. The summed E-state index contributed by atoms with van der Waals surface area (Å²) in [5.74, 6) is -3.23. The number of hydrogen-bond acceptors (Lipinski definition) is 1. The minimum Gasteiger partial charge on any atom is -0.329 e. The average Bonchev–Trinajstić information content (AvgIpc) is 2.69. The molecular formula is C10H9BrF3N. The molecule has 0 aliphatic heterocycles. The van der Waals surface area contributed by atoms with Crippen molar-refractivity contribution in [2.24, 2.45) is 5.73 Å². The van der Waals surface area contributed by atoms with Gasteiger partial charge in [-0.15, -0.1) is 0 Å². The number of benzene rings is 1. The molecule has 0 bridgehead atoms. The first-order valence-electron chi connectivity index (χ1n) is 4.46. The van der Waals surface area contributed by atoms with Gasteiger partial charge in [0.2, 0.25) is 0 Å². The van der Waals surface area contributed by atoms with Gasteiger partial charge in [-0.25, -0.2) is 13.2 Å². The average molecular weight is 280 g/mol. The lowest BCUT2D eigenvalue weighted by molar-refractivity contribution is 0.0894. The number of hydrogen-bond donors (Lipinski definition) is 1. The Labute approximate surface area is 93.6 Å². The van der Waals surface area contributed by atoms with Crippen LogP contribution >= 0.6 is 15.9 Å². The maximum Gasteiger partial charge on any atom is 0.260 e. The van der Waals surface area contributed by atoms with Crippen molar-refractivity contribution in [1.29, 1.82) is 0 Å². The Balaban J connectivity index is 2.46. The summed E-state index contributed by atoms with van der Waals surface area (Å²) in [6.45, 7) is -0.135. The fourth-order valence-electron chi connectivity index (χ4n) is 1.84. The maximum absolute atomic E-state index is 13.2. The first-order valence-corrected chi connectivity index (χ1v) is 5.26. The van der Waals surface area contributed by atoms with Gasteiger partial charge in [0.05, 0.1) is 5.41 Å². The number of halogens is 4. The minimum atomic E-state index is -2.78. The lowest BCUT2D eigenvalue weighted by atomic mass is 9.95. The van der Waals surface area contributed by atoms with E-state index in [0.29, 0.717) is 10.0 Å². The van der Waals surface area contributed by atoms with Crippen LogP contribution in [-0.4, -0.2) is 12.5 Å². The highest BCUT2D eigenvalue weighted by atomic mass is 79.9. The predicted octanol–water partition coefficient (Wildman–Crippen LogP) is 2.82. The van der Waals surface area contributed by atoms with E-state index in [1.54, 1.807) is 0 Å². The number of nitrogens with two attached hydrogens (primary N) is 1. The molecule has 1 saturated carbocycles. The van der Waals surface area contributed by atoms with Gasteiger partial charge in [-0.2, -0.15) is 0 Å². The molecule has 1 atom stereocenters. The highest BCUT2D eigenvalue weighted by Crippen LogP contribution is 2.62. The van der Waals surface area contributed by atoms with Gasteiger partial charge in [0, 0.05) is 17.4 Å². The van der Waals surface area contributed by atoms with Crippen molar-refractivity contribution < 1.29 is 13.2 Å². The van der Waals surface area contributed by atoms with E-state index in [9.17, 15) is 13.2 Å². The van der Waals surface area contributed by atoms with Crippen molar-refractivity contribution in [2.75, 3.05) is 6.54 Å². The van der Waals surface area contributed by atoms with Crippen LogP contribution in [0, 0.1) is 5.82 Å². The third-order valence-electron chi connectivity index (χ3n) is 2.89. The molecule has 0 heterocycles. The van der Waals surface area contributed by atoms with Crippen molar-refractivity contribution in [1.82, 2.24) is 0 Å². The van der Waals surface area contributed by atoms with Crippen LogP contribution < -0.4 is 5.73 Å². The van der Waals surface area contributed by atoms with Gasteiger partial charge in [-0.1, -0.05) is 22.0 Å². The summed E-state index contributed by atoms with van der Waals surface area (Å²) in [6.07, 6.45) is -0.263. The van der Waals surface area contributed by atoms with Gasteiger partial charge < -0.3 is 5.73 Å². The molecule has 82 valence electrons. The second kappa shape index (κ2) is 3.22. The molecule has 15 heavy (non-hydrogen) atoms. The summed E-state index contributed by atoms with van der Waals surface area (Å²) in [5.41, 5.74) is 4.47. The fraction of sp³-hybridized carbons (Fsp3) is 0.400. The molecule has 1 aromatic rings. The van der Waals surface area contributed by atoms with E-state index in [4.69, 9.17) is 5.73 Å². The largest absolute Gasteiger partial charge is 0.329 e. The van der Waals surface area contributed by atoms with Crippen molar-refractivity contribution in [2.45, 2.75) is 17.8 Å². The second-order valence-electron chi connectivity index (χ2n) is 3.79. The predicted molar refractivity (Wildman–Crippen MR) is 54.4 cm³/mol. The topological polar surface area (TPSA) is 26.0 Å². The van der Waals surface area contributed by atoms with Crippen LogP contribution in [0.1, 0.15) is 12.0 Å². The first kappa shape index (κ1) is 11.0. The Morgan fingerprint density at radius 2 is 2.00 bits per heavy atom. The standard InChI is InChI=1S/C10H9BrF3N/c11-8-3-6(12)1-2-7(8)9(5-15)4-10(9,13)14/h1-3H,4-5,15H2. The maximum atomic E-state index is 13.2. The lowest BCUT2D eigenvalue weighted by Gasteiger charge is -2.16. The Bertz CT molecular complexity index is 408. The van der Waals surface area contributed by atoms with Gasteiger partial charge in [-0.05, 0) is 17.7 Å². The molecule has 1 aliphatic carbocycles. The Kier molecular flexibility index (Phi) is 2.35. The molecule has 0 aromatic heterocycles. The molecule has 2 rings (SSSR count). The van der Waals surface area contributed by atoms with Crippen LogP contribution in [0.15, 0.2) is 22.7 Å². The summed E-state index contributed by atoms with van der Waals surface area (Å²) in [6, 6.07) is 3.72. The summed E-state index contributed by atoms with van der Waals surface area (Å²) < 4.78 is 39.6. The lowest BCUT2D eigenvalue weighted by Crippen LogP contribution is -2.27. The molecular weight excluding hydrogens is 271 g/mol. The van der Waals surface area contributed by atoms with Gasteiger partial charge in [0.1, 0.15) is 5.82 Å². The van der Waals surface area contributed by atoms with Crippen molar-refractivity contribution in [3.05, 3.63) is 34.1 Å². The SMILES string of the molecule is NCC1(c2ccc(F)cc2Br)CC1(F)F. The van der Waals surface area contributed by atoms with Crippen molar-refractivity contribution in [3.8, 4) is 0 Å². The summed E-state index contributed by atoms with van der Waals surface area (Å²) in [4.78, 5) is 0. The molecule has 0 amide bonds. The van der Waals surface area contributed by atoms with Crippen molar-refractivity contribution in [3.63, 3.8) is 0 Å². The molecule has 2 N–H and O–H groups in total. The van der Waals surface area contributed by atoms with E-state index in [2.05, 4.69) is 15.9 Å². The van der Waals surface area contributed by atoms with E-state index in [-0.39, 0.29) is 13.0 Å². The Morgan fingerprint density at radius 1 is 1.40 bits per heavy atom. The van der Waals surface area contributed by atoms with Crippen LogP contribution in [0.2, 0.25) is 0 Å². The van der Waals surface area contributed by atoms with E-state index in [0.717, 1.165) is 0 Å². The van der Waals surface area contributed by atoms with E-state index in [1.807, 2.05) is 0 Å². The molecule has 0 radical (unpaired) electrons. The van der Waals surface area contributed by atoms with E-state index < -0.39 is 17.2 Å². The highest BCUT2D eigenvalue weighted by molar-refractivity contribution is 9.10. The molecule has 1 nitrogen and oxygen atoms in total. The number of alkyl halides is 2. The van der Waals surface area contributed by atoms with Gasteiger partial charge in [0.25, 0.3) is 5.92 Å². The van der Waals surface area contributed by atoms with Crippen LogP contribution in [0.25, 0.3) is 0 Å². The molecule has 0 spiro atoms. The summed E-state index contributed by atoms with van der Waals surface area (Å²) >= 11 is 3.09. The van der Waals surface area contributed by atoms with Crippen LogP contribution in [-0.2, 0) is 5.41 Å². The quantitative estimate of drug-likeness (QED) is 0.885. The molecule has 0 saturated heterocycles. The van der Waals surface area contributed by atoms with Crippen molar-refractivity contribution >= 4 is 15.9 Å². The number of rotatable bonds is 2. The van der Waals surface area contributed by atoms with E-state index in [1.165, 1.54) is 18.2 Å². The zero-order valence-electron chi connectivity index (χ0n) is 7.74. The molecule has 1 aliphatic rings. The monoisotopic (exact) mass is 279 g/mol. The van der Waals surface area contributed by atoms with Gasteiger partial charge in [0.15, 0.2) is 0 Å². The summed E-state index contributed by atoms with van der Waals surface area (Å²) in [5, 5.41) is 0. The van der Waals surface area contributed by atoms with Crippen LogP contribution in [0.3, 0.4) is 0 Å². The third kappa shape index (κ3) is 1.49. The Hall–Kier alpha value is -0.550. The summed E-state index contributed by atoms with van der Waals surface area (Å²) in [7, 11) is 0.